The van der Waals surface area contributed by atoms with Gasteiger partial charge in [-0.3, -0.25) is 0 Å². The summed E-state index contributed by atoms with van der Waals surface area (Å²) in [5.41, 5.74) is 3.81. The standard InChI is InChI=1S/C25H13N3/c1-13-3-6-18-19-7-4-16(11-27)22-14(2)9-17(12-28)23(25(19)22)20-8-5-15(10-26)21(13)24(18)20/h3-9H,1-2H3. The molecule has 0 aliphatic heterocycles. The summed E-state index contributed by atoms with van der Waals surface area (Å²) in [5.74, 6) is 0. The molecule has 0 saturated carbocycles. The molecule has 0 bridgehead atoms. The monoisotopic (exact) mass is 355 g/mol. The summed E-state index contributed by atoms with van der Waals surface area (Å²) in [6.45, 7) is 3.96. The van der Waals surface area contributed by atoms with E-state index in [-0.39, 0.29) is 0 Å². The first-order chi connectivity index (χ1) is 13.6. The van der Waals surface area contributed by atoms with Gasteiger partial charge >= 0.3 is 0 Å². The Kier molecular flexibility index (Phi) is 3.12. The molecule has 3 nitrogen and oxygen atoms in total. The summed E-state index contributed by atoms with van der Waals surface area (Å²) in [6, 6.07) is 20.5. The fraction of sp³-hybridized carbons (Fsp3) is 0.0800. The zero-order valence-electron chi connectivity index (χ0n) is 15.4. The largest absolute Gasteiger partial charge is 0.192 e. The Hall–Kier alpha value is -4.13. The van der Waals surface area contributed by atoms with Gasteiger partial charge in [0.2, 0.25) is 0 Å². The highest BCUT2D eigenvalue weighted by molar-refractivity contribution is 6.35. The lowest BCUT2D eigenvalue weighted by Gasteiger charge is -2.18. The van der Waals surface area contributed by atoms with Crippen molar-refractivity contribution in [1.82, 2.24) is 0 Å². The molecule has 5 aromatic rings. The van der Waals surface area contributed by atoms with Gasteiger partial charge in [0.25, 0.3) is 0 Å². The molecular formula is C25H13N3. The second kappa shape index (κ2) is 5.43. The van der Waals surface area contributed by atoms with E-state index in [0.29, 0.717) is 16.7 Å². The second-order valence-corrected chi connectivity index (χ2v) is 7.20. The Morgan fingerprint density at radius 2 is 1.04 bits per heavy atom. The highest BCUT2D eigenvalue weighted by Crippen LogP contribution is 2.44. The molecule has 0 atom stereocenters. The summed E-state index contributed by atoms with van der Waals surface area (Å²) in [6.07, 6.45) is 0. The maximum absolute atomic E-state index is 9.87. The van der Waals surface area contributed by atoms with Crippen molar-refractivity contribution in [2.45, 2.75) is 13.8 Å². The minimum absolute atomic E-state index is 0.597. The Bertz CT molecular complexity index is 1600. The Labute approximate surface area is 161 Å². The SMILES string of the molecule is Cc1ccc2c3ccc(C#N)c4c(C)cc(C#N)c(c5ccc(C#N)c1c25)c43. The Morgan fingerprint density at radius 1 is 0.500 bits per heavy atom. The number of nitriles is 3. The smallest absolute Gasteiger partial charge is 0.0998 e. The van der Waals surface area contributed by atoms with E-state index in [4.69, 9.17) is 0 Å². The quantitative estimate of drug-likeness (QED) is 0.254. The number of hydrogen-bond donors (Lipinski definition) is 0. The van der Waals surface area contributed by atoms with Gasteiger partial charge in [-0.2, -0.15) is 15.8 Å². The zero-order chi connectivity index (χ0) is 19.6. The van der Waals surface area contributed by atoms with Crippen molar-refractivity contribution in [2.24, 2.45) is 0 Å². The lowest BCUT2D eigenvalue weighted by molar-refractivity contribution is 1.46. The van der Waals surface area contributed by atoms with Crippen LogP contribution < -0.4 is 0 Å². The van der Waals surface area contributed by atoms with Gasteiger partial charge in [-0.15, -0.1) is 0 Å². The molecule has 0 spiro atoms. The molecule has 28 heavy (non-hydrogen) atoms. The topological polar surface area (TPSA) is 71.4 Å². The first kappa shape index (κ1) is 16.1. The number of benzene rings is 5. The number of aryl methyl sites for hydroxylation is 2. The third-order valence-corrected chi connectivity index (χ3v) is 5.77. The van der Waals surface area contributed by atoms with Gasteiger partial charge in [0.05, 0.1) is 34.9 Å². The molecule has 0 aliphatic rings. The predicted octanol–water partition coefficient (Wildman–Crippen LogP) is 5.97. The predicted molar refractivity (Wildman–Crippen MR) is 111 cm³/mol. The minimum atomic E-state index is 0.597. The van der Waals surface area contributed by atoms with Gasteiger partial charge in [0.1, 0.15) is 0 Å². The maximum atomic E-state index is 9.87. The molecule has 5 rings (SSSR count). The Morgan fingerprint density at radius 3 is 1.68 bits per heavy atom. The summed E-state index contributed by atoms with van der Waals surface area (Å²) < 4.78 is 0. The lowest BCUT2D eigenvalue weighted by atomic mass is 9.83. The van der Waals surface area contributed by atoms with Gasteiger partial charge in [0.15, 0.2) is 0 Å². The highest BCUT2D eigenvalue weighted by Gasteiger charge is 2.20. The van der Waals surface area contributed by atoms with Crippen molar-refractivity contribution < 1.29 is 0 Å². The number of hydrogen-bond acceptors (Lipinski definition) is 3. The summed E-state index contributed by atoms with van der Waals surface area (Å²) in [7, 11) is 0. The molecule has 0 saturated heterocycles. The molecule has 0 N–H and O–H groups in total. The number of rotatable bonds is 0. The highest BCUT2D eigenvalue weighted by atomic mass is 14.3. The van der Waals surface area contributed by atoms with Crippen molar-refractivity contribution >= 4 is 43.1 Å². The molecule has 0 heterocycles. The molecule has 0 radical (unpaired) electrons. The average molecular weight is 355 g/mol. The van der Waals surface area contributed by atoms with E-state index in [1.165, 1.54) is 0 Å². The first-order valence-electron chi connectivity index (χ1n) is 8.98. The minimum Gasteiger partial charge on any atom is -0.192 e. The molecule has 5 aromatic carbocycles. The molecular weight excluding hydrogens is 342 g/mol. The van der Waals surface area contributed by atoms with Crippen LogP contribution in [-0.4, -0.2) is 0 Å². The van der Waals surface area contributed by atoms with Crippen molar-refractivity contribution in [3.8, 4) is 18.2 Å². The van der Waals surface area contributed by atoms with Crippen LogP contribution in [0.1, 0.15) is 27.8 Å². The summed E-state index contributed by atoms with van der Waals surface area (Å²) >= 11 is 0. The van der Waals surface area contributed by atoms with Crippen LogP contribution in [0.25, 0.3) is 43.1 Å². The van der Waals surface area contributed by atoms with E-state index >= 15 is 0 Å². The Balaban J connectivity index is 2.28. The van der Waals surface area contributed by atoms with Crippen LogP contribution in [-0.2, 0) is 0 Å². The number of fused-ring (bicyclic) bond motifs is 2. The van der Waals surface area contributed by atoms with Gasteiger partial charge in [-0.05, 0) is 64.7 Å². The van der Waals surface area contributed by atoms with E-state index in [0.717, 1.165) is 54.2 Å². The second-order valence-electron chi connectivity index (χ2n) is 7.20. The van der Waals surface area contributed by atoms with Crippen LogP contribution in [0, 0.1) is 47.8 Å². The van der Waals surface area contributed by atoms with Crippen LogP contribution in [0.3, 0.4) is 0 Å². The number of nitrogens with zero attached hydrogens (tertiary/aromatic N) is 3. The van der Waals surface area contributed by atoms with E-state index in [2.05, 4.69) is 24.3 Å². The van der Waals surface area contributed by atoms with Crippen LogP contribution in [0.15, 0.2) is 42.5 Å². The molecule has 0 aliphatic carbocycles. The van der Waals surface area contributed by atoms with Gasteiger partial charge in [-0.25, -0.2) is 0 Å². The molecule has 0 unspecified atom stereocenters. The van der Waals surface area contributed by atoms with E-state index < -0.39 is 0 Å². The third kappa shape index (κ3) is 1.79. The van der Waals surface area contributed by atoms with Crippen LogP contribution in [0.2, 0.25) is 0 Å². The van der Waals surface area contributed by atoms with E-state index in [1.54, 1.807) is 0 Å². The normalized spacial score (nSPS) is 11.1. The molecule has 128 valence electrons. The molecule has 0 fully saturated rings. The fourth-order valence-corrected chi connectivity index (χ4v) is 4.65. The van der Waals surface area contributed by atoms with Crippen molar-refractivity contribution in [2.75, 3.05) is 0 Å². The molecule has 0 aromatic heterocycles. The van der Waals surface area contributed by atoms with Crippen molar-refractivity contribution in [1.29, 1.82) is 15.8 Å². The van der Waals surface area contributed by atoms with Crippen molar-refractivity contribution in [3.63, 3.8) is 0 Å². The van der Waals surface area contributed by atoms with Crippen LogP contribution in [0.5, 0.6) is 0 Å². The van der Waals surface area contributed by atoms with E-state index in [1.807, 2.05) is 50.2 Å². The third-order valence-electron chi connectivity index (χ3n) is 5.77. The summed E-state index contributed by atoms with van der Waals surface area (Å²) in [4.78, 5) is 0. The molecule has 0 amide bonds. The van der Waals surface area contributed by atoms with Crippen LogP contribution in [0.4, 0.5) is 0 Å². The first-order valence-corrected chi connectivity index (χ1v) is 8.98. The zero-order valence-corrected chi connectivity index (χ0v) is 15.4. The maximum Gasteiger partial charge on any atom is 0.0998 e. The lowest BCUT2D eigenvalue weighted by Crippen LogP contribution is -1.95. The van der Waals surface area contributed by atoms with Gasteiger partial charge in [0, 0.05) is 21.5 Å². The van der Waals surface area contributed by atoms with E-state index in [9.17, 15) is 15.8 Å². The molecule has 3 heteroatoms. The average Bonchev–Trinajstić information content (AvgIpc) is 2.72. The van der Waals surface area contributed by atoms with Gasteiger partial charge in [-0.1, -0.05) is 24.3 Å². The van der Waals surface area contributed by atoms with Crippen molar-refractivity contribution in [3.05, 3.63) is 70.3 Å². The van der Waals surface area contributed by atoms with Gasteiger partial charge < -0.3 is 0 Å². The van der Waals surface area contributed by atoms with Crippen LogP contribution >= 0.6 is 0 Å². The summed E-state index contributed by atoms with van der Waals surface area (Å²) in [5, 5.41) is 36.9. The fourth-order valence-electron chi connectivity index (χ4n) is 4.65.